The summed E-state index contributed by atoms with van der Waals surface area (Å²) in [5.74, 6) is 0. The summed E-state index contributed by atoms with van der Waals surface area (Å²) in [5.41, 5.74) is 1.26. The summed E-state index contributed by atoms with van der Waals surface area (Å²) in [4.78, 5) is 7.85. The van der Waals surface area contributed by atoms with Crippen molar-refractivity contribution in [2.75, 3.05) is 25.1 Å². The van der Waals surface area contributed by atoms with E-state index in [9.17, 15) is 0 Å². The molecule has 0 aromatic carbocycles. The third-order valence-corrected chi connectivity index (χ3v) is 2.18. The van der Waals surface area contributed by atoms with Gasteiger partial charge in [0.1, 0.15) is 6.33 Å². The molecular weight excluding hydrogens is 166 g/mol. The Bertz CT molecular complexity index is 271. The zero-order valence-corrected chi connectivity index (χ0v) is 7.66. The molecule has 2 rings (SSSR count). The predicted molar refractivity (Wildman–Crippen MR) is 49.4 cm³/mol. The van der Waals surface area contributed by atoms with Crippen molar-refractivity contribution in [3.63, 3.8) is 0 Å². The van der Waals surface area contributed by atoms with Crippen molar-refractivity contribution < 1.29 is 4.74 Å². The van der Waals surface area contributed by atoms with E-state index in [2.05, 4.69) is 22.2 Å². The Balaban J connectivity index is 1.86. The lowest BCUT2D eigenvalue weighted by atomic mass is 9.89. The van der Waals surface area contributed by atoms with Crippen molar-refractivity contribution >= 4 is 5.69 Å². The molecule has 13 heavy (non-hydrogen) atoms. The molecule has 1 saturated heterocycles. The summed E-state index contributed by atoms with van der Waals surface area (Å²) >= 11 is 0. The standard InChI is InChI=1S/C9H13N3O/c1-9(5-13-6-9)4-12-8-2-10-7-11-3-8/h2-3,7,12H,4-6H2,1H3. The number of ether oxygens (including phenoxy) is 1. The van der Waals surface area contributed by atoms with Gasteiger partial charge in [-0.2, -0.15) is 0 Å². The zero-order valence-electron chi connectivity index (χ0n) is 7.66. The van der Waals surface area contributed by atoms with Crippen LogP contribution in [-0.2, 0) is 4.74 Å². The molecule has 0 bridgehead atoms. The van der Waals surface area contributed by atoms with Gasteiger partial charge in [0.05, 0.1) is 31.3 Å². The number of nitrogens with zero attached hydrogens (tertiary/aromatic N) is 2. The van der Waals surface area contributed by atoms with Crippen LogP contribution in [0.5, 0.6) is 0 Å². The van der Waals surface area contributed by atoms with E-state index in [1.165, 1.54) is 6.33 Å². The Labute approximate surface area is 77.4 Å². The van der Waals surface area contributed by atoms with E-state index in [4.69, 9.17) is 4.74 Å². The Kier molecular flexibility index (Phi) is 2.14. The molecule has 0 saturated carbocycles. The third kappa shape index (κ3) is 1.95. The molecule has 0 radical (unpaired) electrons. The summed E-state index contributed by atoms with van der Waals surface area (Å²) in [6.07, 6.45) is 5.07. The molecule has 1 N–H and O–H groups in total. The van der Waals surface area contributed by atoms with Crippen LogP contribution in [0.15, 0.2) is 18.7 Å². The highest BCUT2D eigenvalue weighted by Gasteiger charge is 2.32. The fraction of sp³-hybridized carbons (Fsp3) is 0.556. The molecule has 0 aliphatic carbocycles. The quantitative estimate of drug-likeness (QED) is 0.749. The molecule has 2 heterocycles. The lowest BCUT2D eigenvalue weighted by Crippen LogP contribution is -2.45. The van der Waals surface area contributed by atoms with Crippen LogP contribution < -0.4 is 5.32 Å². The highest BCUT2D eigenvalue weighted by atomic mass is 16.5. The third-order valence-electron chi connectivity index (χ3n) is 2.18. The highest BCUT2D eigenvalue weighted by molar-refractivity contribution is 5.37. The van der Waals surface area contributed by atoms with Crippen molar-refractivity contribution in [3.05, 3.63) is 18.7 Å². The highest BCUT2D eigenvalue weighted by Crippen LogP contribution is 2.26. The number of rotatable bonds is 3. The zero-order chi connectivity index (χ0) is 9.15. The average Bonchev–Trinajstić information content (AvgIpc) is 2.13. The van der Waals surface area contributed by atoms with Gasteiger partial charge in [0.15, 0.2) is 0 Å². The number of hydrogen-bond donors (Lipinski definition) is 1. The lowest BCUT2D eigenvalue weighted by Gasteiger charge is -2.38. The SMILES string of the molecule is CC1(CNc2cncnc2)COC1. The van der Waals surface area contributed by atoms with E-state index in [-0.39, 0.29) is 5.41 Å². The van der Waals surface area contributed by atoms with Crippen LogP contribution in [0.25, 0.3) is 0 Å². The van der Waals surface area contributed by atoms with Gasteiger partial charge in [-0.25, -0.2) is 9.97 Å². The van der Waals surface area contributed by atoms with E-state index in [1.807, 2.05) is 0 Å². The number of anilines is 1. The second-order valence-electron chi connectivity index (χ2n) is 3.78. The molecule has 1 aliphatic rings. The molecule has 1 fully saturated rings. The molecule has 1 aromatic rings. The lowest BCUT2D eigenvalue weighted by molar-refractivity contribution is -0.0924. The molecular formula is C9H13N3O. The smallest absolute Gasteiger partial charge is 0.115 e. The maximum absolute atomic E-state index is 5.16. The van der Waals surface area contributed by atoms with Crippen LogP contribution in [0.1, 0.15) is 6.92 Å². The Hall–Kier alpha value is -1.16. The minimum atomic E-state index is 0.288. The Morgan fingerprint density at radius 1 is 1.46 bits per heavy atom. The first-order valence-corrected chi connectivity index (χ1v) is 4.35. The number of aromatic nitrogens is 2. The summed E-state index contributed by atoms with van der Waals surface area (Å²) < 4.78 is 5.16. The monoisotopic (exact) mass is 179 g/mol. The molecule has 0 spiro atoms. The van der Waals surface area contributed by atoms with Crippen molar-refractivity contribution in [1.29, 1.82) is 0 Å². The van der Waals surface area contributed by atoms with E-state index in [0.29, 0.717) is 0 Å². The fourth-order valence-corrected chi connectivity index (χ4v) is 1.26. The van der Waals surface area contributed by atoms with Gasteiger partial charge >= 0.3 is 0 Å². The minimum Gasteiger partial charge on any atom is -0.382 e. The molecule has 1 aromatic heterocycles. The summed E-state index contributed by atoms with van der Waals surface area (Å²) in [5, 5.41) is 3.28. The van der Waals surface area contributed by atoms with Gasteiger partial charge in [-0.3, -0.25) is 0 Å². The van der Waals surface area contributed by atoms with Crippen molar-refractivity contribution in [2.45, 2.75) is 6.92 Å². The predicted octanol–water partition coefficient (Wildman–Crippen LogP) is 0.925. The second kappa shape index (κ2) is 3.30. The van der Waals surface area contributed by atoms with Gasteiger partial charge < -0.3 is 10.1 Å². The second-order valence-corrected chi connectivity index (χ2v) is 3.78. The van der Waals surface area contributed by atoms with E-state index in [1.54, 1.807) is 12.4 Å². The van der Waals surface area contributed by atoms with Crippen LogP contribution in [-0.4, -0.2) is 29.7 Å². The molecule has 4 nitrogen and oxygen atoms in total. The molecule has 0 amide bonds. The van der Waals surface area contributed by atoms with Crippen molar-refractivity contribution in [2.24, 2.45) is 5.41 Å². The summed E-state index contributed by atoms with van der Waals surface area (Å²) in [7, 11) is 0. The van der Waals surface area contributed by atoms with Crippen LogP contribution >= 0.6 is 0 Å². The van der Waals surface area contributed by atoms with Crippen LogP contribution in [0.2, 0.25) is 0 Å². The maximum Gasteiger partial charge on any atom is 0.115 e. The summed E-state index contributed by atoms with van der Waals surface area (Å²) in [6, 6.07) is 0. The largest absolute Gasteiger partial charge is 0.382 e. The number of hydrogen-bond acceptors (Lipinski definition) is 4. The Morgan fingerprint density at radius 3 is 2.69 bits per heavy atom. The van der Waals surface area contributed by atoms with Gasteiger partial charge in [-0.15, -0.1) is 0 Å². The van der Waals surface area contributed by atoms with Gasteiger partial charge in [-0.1, -0.05) is 6.92 Å². The Morgan fingerprint density at radius 2 is 2.15 bits per heavy atom. The fourth-order valence-electron chi connectivity index (χ4n) is 1.26. The van der Waals surface area contributed by atoms with Crippen LogP contribution in [0.4, 0.5) is 5.69 Å². The van der Waals surface area contributed by atoms with E-state index < -0.39 is 0 Å². The molecule has 70 valence electrons. The minimum absolute atomic E-state index is 0.288. The van der Waals surface area contributed by atoms with Gasteiger partial charge in [-0.05, 0) is 0 Å². The van der Waals surface area contributed by atoms with Crippen LogP contribution in [0.3, 0.4) is 0 Å². The topological polar surface area (TPSA) is 47.0 Å². The molecule has 0 atom stereocenters. The van der Waals surface area contributed by atoms with Crippen molar-refractivity contribution in [3.8, 4) is 0 Å². The van der Waals surface area contributed by atoms with Gasteiger partial charge in [0, 0.05) is 12.0 Å². The van der Waals surface area contributed by atoms with Crippen molar-refractivity contribution in [1.82, 2.24) is 9.97 Å². The van der Waals surface area contributed by atoms with E-state index >= 15 is 0 Å². The van der Waals surface area contributed by atoms with Gasteiger partial charge in [0.25, 0.3) is 0 Å². The normalized spacial score (nSPS) is 19.2. The first-order valence-electron chi connectivity index (χ1n) is 4.35. The maximum atomic E-state index is 5.16. The average molecular weight is 179 g/mol. The van der Waals surface area contributed by atoms with Crippen LogP contribution in [0, 0.1) is 5.41 Å². The van der Waals surface area contributed by atoms with Gasteiger partial charge in [0.2, 0.25) is 0 Å². The number of nitrogens with one attached hydrogen (secondary N) is 1. The summed E-state index contributed by atoms with van der Waals surface area (Å²) in [6.45, 7) is 4.80. The van der Waals surface area contributed by atoms with E-state index in [0.717, 1.165) is 25.4 Å². The molecule has 0 unspecified atom stereocenters. The molecule has 1 aliphatic heterocycles. The molecule has 4 heteroatoms. The first kappa shape index (κ1) is 8.44. The first-order chi connectivity index (χ1) is 6.29.